The molecule has 25 heavy (non-hydrogen) atoms. The average Bonchev–Trinajstić information content (AvgIpc) is 2.61. The van der Waals surface area contributed by atoms with Crippen molar-refractivity contribution in [1.82, 2.24) is 5.32 Å². The number of nitrogens with one attached hydrogen (secondary N) is 1. The summed E-state index contributed by atoms with van der Waals surface area (Å²) < 4.78 is 14.0. The van der Waals surface area contributed by atoms with Gasteiger partial charge in [0.1, 0.15) is 6.17 Å². The fraction of sp³-hybridized carbons (Fsp3) is 0.263. The highest BCUT2D eigenvalue weighted by molar-refractivity contribution is 6.02. The number of aliphatic imine (C=N–C) groups is 1. The Kier molecular flexibility index (Phi) is 5.09. The monoisotopic (exact) mass is 340 g/mol. The number of alkyl halides is 1. The molecule has 0 radical (unpaired) electrons. The van der Waals surface area contributed by atoms with Crippen LogP contribution in [0.3, 0.4) is 0 Å². The van der Waals surface area contributed by atoms with Crippen molar-refractivity contribution in [1.29, 1.82) is 0 Å². The van der Waals surface area contributed by atoms with Crippen LogP contribution >= 0.6 is 0 Å². The molecule has 2 aromatic rings. The van der Waals surface area contributed by atoms with Crippen molar-refractivity contribution in [3.05, 3.63) is 59.2 Å². The van der Waals surface area contributed by atoms with Crippen LogP contribution in [0.15, 0.2) is 47.5 Å². The maximum Gasteiger partial charge on any atom is 0.250 e. The lowest BCUT2D eigenvalue weighted by Crippen LogP contribution is -2.36. The number of anilines is 1. The van der Waals surface area contributed by atoms with Gasteiger partial charge in [-0.15, -0.1) is 0 Å². The summed E-state index contributed by atoms with van der Waals surface area (Å²) in [5.41, 5.74) is 14.1. The molecule has 0 aromatic heterocycles. The van der Waals surface area contributed by atoms with Crippen LogP contribution in [-0.2, 0) is 0 Å². The number of nitrogen functional groups attached to an aromatic ring is 1. The second-order valence-corrected chi connectivity index (χ2v) is 6.14. The summed E-state index contributed by atoms with van der Waals surface area (Å²) >= 11 is 0. The van der Waals surface area contributed by atoms with Crippen molar-refractivity contribution in [3.8, 4) is 0 Å². The van der Waals surface area contributed by atoms with Gasteiger partial charge in [0.25, 0.3) is 5.91 Å². The van der Waals surface area contributed by atoms with E-state index in [2.05, 4.69) is 10.3 Å². The molecule has 0 aliphatic carbocycles. The molecule has 6 heteroatoms. The van der Waals surface area contributed by atoms with Gasteiger partial charge in [-0.1, -0.05) is 24.3 Å². The van der Waals surface area contributed by atoms with Crippen LogP contribution in [0.2, 0.25) is 0 Å². The van der Waals surface area contributed by atoms with E-state index in [1.165, 1.54) is 0 Å². The minimum Gasteiger partial charge on any atom is -0.398 e. The molecular formula is C19H21FN4O. The molecule has 130 valence electrons. The van der Waals surface area contributed by atoms with Crippen molar-refractivity contribution < 1.29 is 9.18 Å². The van der Waals surface area contributed by atoms with E-state index in [4.69, 9.17) is 11.5 Å². The number of halogens is 1. The molecule has 1 aliphatic rings. The quantitative estimate of drug-likeness (QED) is 0.590. The zero-order valence-electron chi connectivity index (χ0n) is 13.8. The number of piperidine rings is 1. The average molecular weight is 340 g/mol. The molecule has 1 aliphatic heterocycles. The maximum absolute atomic E-state index is 14.0. The molecule has 3 rings (SSSR count). The highest BCUT2D eigenvalue weighted by Crippen LogP contribution is 2.28. The highest BCUT2D eigenvalue weighted by Gasteiger charge is 2.25. The van der Waals surface area contributed by atoms with Crippen LogP contribution in [0.25, 0.3) is 0 Å². The number of benzene rings is 2. The molecule has 1 unspecified atom stereocenters. The molecule has 0 saturated carbocycles. The first-order valence-corrected chi connectivity index (χ1v) is 8.23. The van der Waals surface area contributed by atoms with E-state index in [-0.39, 0.29) is 11.5 Å². The van der Waals surface area contributed by atoms with Crippen LogP contribution in [0.4, 0.5) is 15.8 Å². The first-order chi connectivity index (χ1) is 12.1. The summed E-state index contributed by atoms with van der Waals surface area (Å²) in [4.78, 5) is 15.7. The van der Waals surface area contributed by atoms with Gasteiger partial charge in [-0.05, 0) is 36.7 Å². The van der Waals surface area contributed by atoms with E-state index in [9.17, 15) is 9.18 Å². The third-order valence-electron chi connectivity index (χ3n) is 4.48. The number of para-hydroxylation sites is 1. The molecule has 1 fully saturated rings. The fourth-order valence-electron chi connectivity index (χ4n) is 3.02. The fourth-order valence-corrected chi connectivity index (χ4v) is 3.02. The summed E-state index contributed by atoms with van der Waals surface area (Å²) in [5.74, 6) is -0.686. The number of rotatable bonds is 4. The standard InChI is InChI=1S/C19H21FN4O/c20-17-8-9-23-11-16(17)12-4-6-14(7-5-12)24-10-13-2-1-3-15(18(13)21)19(22)25/h1-7,10,16-17,23H,8-9,11,21H2,(H2,22,25)/t16-,17?/m1/s1. The Morgan fingerprint density at radius 2 is 2.00 bits per heavy atom. The number of hydrogen-bond acceptors (Lipinski definition) is 4. The van der Waals surface area contributed by atoms with Gasteiger partial charge in [0.2, 0.25) is 0 Å². The largest absolute Gasteiger partial charge is 0.398 e. The maximum atomic E-state index is 14.0. The molecule has 2 aromatic carbocycles. The summed E-state index contributed by atoms with van der Waals surface area (Å²) in [7, 11) is 0. The van der Waals surface area contributed by atoms with Gasteiger partial charge >= 0.3 is 0 Å². The van der Waals surface area contributed by atoms with Crippen molar-refractivity contribution in [3.63, 3.8) is 0 Å². The zero-order valence-corrected chi connectivity index (χ0v) is 13.8. The second-order valence-electron chi connectivity index (χ2n) is 6.14. The Labute approximate surface area is 145 Å². The van der Waals surface area contributed by atoms with E-state index in [1.807, 2.05) is 24.3 Å². The second kappa shape index (κ2) is 7.44. The topological polar surface area (TPSA) is 93.5 Å². The van der Waals surface area contributed by atoms with Crippen molar-refractivity contribution in [2.24, 2.45) is 10.7 Å². The van der Waals surface area contributed by atoms with Gasteiger partial charge in [-0.25, -0.2) is 4.39 Å². The van der Waals surface area contributed by atoms with Gasteiger partial charge in [-0.3, -0.25) is 9.79 Å². The van der Waals surface area contributed by atoms with E-state index >= 15 is 0 Å². The molecule has 1 amide bonds. The lowest BCUT2D eigenvalue weighted by Gasteiger charge is -2.27. The van der Waals surface area contributed by atoms with E-state index in [0.29, 0.717) is 24.2 Å². The minimum absolute atomic E-state index is 0.116. The predicted molar refractivity (Wildman–Crippen MR) is 98.2 cm³/mol. The highest BCUT2D eigenvalue weighted by atomic mass is 19.1. The van der Waals surface area contributed by atoms with Crippen molar-refractivity contribution in [2.75, 3.05) is 18.8 Å². The summed E-state index contributed by atoms with van der Waals surface area (Å²) in [6, 6.07) is 12.6. The SMILES string of the molecule is NC(=O)c1cccc(C=Nc2ccc([C@H]3CNCCC3F)cc2)c1N. The Morgan fingerprint density at radius 1 is 1.24 bits per heavy atom. The van der Waals surface area contributed by atoms with E-state index < -0.39 is 12.1 Å². The summed E-state index contributed by atoms with van der Waals surface area (Å²) in [5, 5.41) is 3.22. The third kappa shape index (κ3) is 3.85. The number of carbonyl (C=O) groups is 1. The molecule has 5 nitrogen and oxygen atoms in total. The van der Waals surface area contributed by atoms with Gasteiger partial charge in [0, 0.05) is 24.2 Å². The van der Waals surface area contributed by atoms with Gasteiger partial charge in [0.15, 0.2) is 0 Å². The number of amides is 1. The summed E-state index contributed by atoms with van der Waals surface area (Å²) in [6.45, 7) is 1.38. The van der Waals surface area contributed by atoms with Crippen LogP contribution in [0.5, 0.6) is 0 Å². The number of nitrogens with zero attached hydrogens (tertiary/aromatic N) is 1. The Morgan fingerprint density at radius 3 is 2.68 bits per heavy atom. The van der Waals surface area contributed by atoms with Gasteiger partial charge in [-0.2, -0.15) is 0 Å². The summed E-state index contributed by atoms with van der Waals surface area (Å²) in [6.07, 6.45) is 1.32. The third-order valence-corrected chi connectivity index (χ3v) is 4.48. The number of hydrogen-bond donors (Lipinski definition) is 3. The van der Waals surface area contributed by atoms with Crippen LogP contribution in [-0.4, -0.2) is 31.4 Å². The molecule has 2 atom stereocenters. The molecule has 5 N–H and O–H groups in total. The van der Waals surface area contributed by atoms with Crippen LogP contribution < -0.4 is 16.8 Å². The smallest absolute Gasteiger partial charge is 0.250 e. The predicted octanol–water partition coefficient (Wildman–Crippen LogP) is 2.53. The lowest BCUT2D eigenvalue weighted by atomic mass is 9.90. The minimum atomic E-state index is -0.813. The van der Waals surface area contributed by atoms with Crippen molar-refractivity contribution in [2.45, 2.75) is 18.5 Å². The normalized spacial score (nSPS) is 20.7. The Hall–Kier alpha value is -2.73. The lowest BCUT2D eigenvalue weighted by molar-refractivity contribution is 0.100. The number of primary amides is 1. The molecule has 1 saturated heterocycles. The van der Waals surface area contributed by atoms with Crippen molar-refractivity contribution >= 4 is 23.5 Å². The molecule has 1 heterocycles. The van der Waals surface area contributed by atoms with Gasteiger partial charge in [0.05, 0.1) is 16.9 Å². The first-order valence-electron chi connectivity index (χ1n) is 8.23. The number of nitrogens with two attached hydrogens (primary N) is 2. The molecule has 0 bridgehead atoms. The molecule has 0 spiro atoms. The zero-order chi connectivity index (χ0) is 17.8. The van der Waals surface area contributed by atoms with E-state index in [1.54, 1.807) is 24.4 Å². The Bertz CT molecular complexity index is 789. The molecular weight excluding hydrogens is 319 g/mol. The first kappa shape index (κ1) is 17.1. The van der Waals surface area contributed by atoms with Crippen LogP contribution in [0, 0.1) is 0 Å². The van der Waals surface area contributed by atoms with Crippen LogP contribution in [0.1, 0.15) is 33.8 Å². The Balaban J connectivity index is 1.76. The number of carbonyl (C=O) groups excluding carboxylic acids is 1. The van der Waals surface area contributed by atoms with Gasteiger partial charge < -0.3 is 16.8 Å². The van der Waals surface area contributed by atoms with E-state index in [0.717, 1.165) is 17.8 Å².